The summed E-state index contributed by atoms with van der Waals surface area (Å²) < 4.78 is 19.0. The van der Waals surface area contributed by atoms with Crippen molar-refractivity contribution in [1.29, 1.82) is 0 Å². The molecule has 0 unspecified atom stereocenters. The van der Waals surface area contributed by atoms with E-state index in [2.05, 4.69) is 16.8 Å². The largest absolute Gasteiger partial charge is 0.490 e. The molecule has 0 spiro atoms. The van der Waals surface area contributed by atoms with Gasteiger partial charge in [0, 0.05) is 55.4 Å². The van der Waals surface area contributed by atoms with E-state index in [1.165, 1.54) is 16.1 Å². The van der Waals surface area contributed by atoms with Crippen molar-refractivity contribution in [2.75, 3.05) is 31.2 Å². The summed E-state index contributed by atoms with van der Waals surface area (Å²) >= 11 is 0. The number of benzene rings is 1. The molecule has 4 heterocycles. The number of rotatable bonds is 4. The zero-order valence-electron chi connectivity index (χ0n) is 18.1. The lowest BCUT2D eigenvalue weighted by Crippen LogP contribution is -2.39. The number of nitrogens with zero attached hydrogens (tertiary/aromatic N) is 4. The predicted octanol–water partition coefficient (Wildman–Crippen LogP) is 3.09. The molecule has 0 N–H and O–H groups in total. The molecule has 1 aromatic carbocycles. The van der Waals surface area contributed by atoms with Gasteiger partial charge in [0.2, 0.25) is 0 Å². The molecule has 0 amide bonds. The molecule has 3 aliphatic rings. The number of hydrogen-bond donors (Lipinski definition) is 0. The molecule has 6 rings (SSSR count). The van der Waals surface area contributed by atoms with E-state index in [1.807, 2.05) is 18.2 Å². The summed E-state index contributed by atoms with van der Waals surface area (Å²) in [5, 5.41) is 4.72. The van der Waals surface area contributed by atoms with Gasteiger partial charge in [-0.2, -0.15) is 4.52 Å². The van der Waals surface area contributed by atoms with Gasteiger partial charge in [0.1, 0.15) is 25.1 Å². The van der Waals surface area contributed by atoms with Gasteiger partial charge in [0.25, 0.3) is 5.56 Å². The second-order valence-electron chi connectivity index (χ2n) is 8.76. The fourth-order valence-corrected chi connectivity index (χ4v) is 4.78. The number of ether oxygens (including phenoxy) is 3. The highest BCUT2D eigenvalue weighted by Crippen LogP contribution is 2.44. The molecule has 1 saturated heterocycles. The number of piperidine rings is 1. The number of fused-ring (bicyclic) bond motifs is 2. The minimum atomic E-state index is -0.130. The Kier molecular flexibility index (Phi) is 4.66. The standard InChI is InChI=1S/C24H26N4O4/c1-15-22(16-2-3-16)24-25-9-6-21(29)28(24)26-23(15)27-10-7-17(8-11-27)32-18-4-5-19-20(14-18)31-13-12-30-19/h4-6,9,14,16-17H,2-3,7-8,10-13H2,1H3. The van der Waals surface area contributed by atoms with E-state index in [1.54, 1.807) is 6.20 Å². The van der Waals surface area contributed by atoms with Crippen LogP contribution in [0.15, 0.2) is 35.3 Å². The Morgan fingerprint density at radius 2 is 1.81 bits per heavy atom. The zero-order valence-corrected chi connectivity index (χ0v) is 18.1. The van der Waals surface area contributed by atoms with Crippen molar-refractivity contribution >= 4 is 11.5 Å². The first-order valence-electron chi connectivity index (χ1n) is 11.4. The average Bonchev–Trinajstić information content (AvgIpc) is 3.65. The molecule has 1 aliphatic carbocycles. The molecule has 32 heavy (non-hydrogen) atoms. The number of anilines is 1. The Morgan fingerprint density at radius 3 is 2.59 bits per heavy atom. The minimum absolute atomic E-state index is 0.127. The second-order valence-corrected chi connectivity index (χ2v) is 8.76. The van der Waals surface area contributed by atoms with E-state index in [0.717, 1.165) is 67.4 Å². The molecule has 2 fully saturated rings. The van der Waals surface area contributed by atoms with Crippen molar-refractivity contribution in [3.63, 3.8) is 0 Å². The smallest absolute Gasteiger partial charge is 0.274 e. The molecule has 0 bridgehead atoms. The van der Waals surface area contributed by atoms with Crippen LogP contribution in [-0.2, 0) is 0 Å². The van der Waals surface area contributed by atoms with E-state index in [9.17, 15) is 4.79 Å². The quantitative estimate of drug-likeness (QED) is 0.624. The van der Waals surface area contributed by atoms with Crippen LogP contribution in [-0.4, -0.2) is 47.0 Å². The van der Waals surface area contributed by atoms with Crippen LogP contribution in [0.25, 0.3) is 5.65 Å². The van der Waals surface area contributed by atoms with Crippen LogP contribution < -0.4 is 24.7 Å². The van der Waals surface area contributed by atoms with Crippen molar-refractivity contribution in [2.45, 2.75) is 44.6 Å². The Morgan fingerprint density at radius 1 is 1.03 bits per heavy atom. The first-order chi connectivity index (χ1) is 15.7. The minimum Gasteiger partial charge on any atom is -0.490 e. The van der Waals surface area contributed by atoms with Crippen molar-refractivity contribution < 1.29 is 14.2 Å². The molecule has 1 saturated carbocycles. The third-order valence-electron chi connectivity index (χ3n) is 6.54. The van der Waals surface area contributed by atoms with Crippen LogP contribution in [0, 0.1) is 6.92 Å². The Bertz CT molecular complexity index is 1230. The second kappa shape index (κ2) is 7.69. The topological polar surface area (TPSA) is 78.2 Å². The highest BCUT2D eigenvalue weighted by atomic mass is 16.6. The molecule has 2 aromatic heterocycles. The van der Waals surface area contributed by atoms with Crippen LogP contribution in [0.3, 0.4) is 0 Å². The lowest BCUT2D eigenvalue weighted by molar-refractivity contribution is 0.159. The monoisotopic (exact) mass is 434 g/mol. The summed E-state index contributed by atoms with van der Waals surface area (Å²) in [6.45, 7) is 4.92. The fourth-order valence-electron chi connectivity index (χ4n) is 4.78. The van der Waals surface area contributed by atoms with Gasteiger partial charge in [0.05, 0.1) is 0 Å². The summed E-state index contributed by atoms with van der Waals surface area (Å²) in [5.41, 5.74) is 2.91. The first kappa shape index (κ1) is 19.4. The van der Waals surface area contributed by atoms with Gasteiger partial charge >= 0.3 is 0 Å². The Labute approximate surface area is 185 Å². The summed E-state index contributed by atoms with van der Waals surface area (Å²) in [6, 6.07) is 7.24. The summed E-state index contributed by atoms with van der Waals surface area (Å²) in [5.74, 6) is 3.70. The van der Waals surface area contributed by atoms with Crippen LogP contribution in [0.1, 0.15) is 42.7 Å². The highest BCUT2D eigenvalue weighted by molar-refractivity contribution is 5.62. The van der Waals surface area contributed by atoms with Crippen LogP contribution in [0.2, 0.25) is 0 Å². The third kappa shape index (κ3) is 3.43. The maximum Gasteiger partial charge on any atom is 0.274 e. The van der Waals surface area contributed by atoms with Crippen molar-refractivity contribution in [3.8, 4) is 17.2 Å². The van der Waals surface area contributed by atoms with E-state index in [-0.39, 0.29) is 11.7 Å². The van der Waals surface area contributed by atoms with Gasteiger partial charge in [-0.15, -0.1) is 5.10 Å². The van der Waals surface area contributed by atoms with Crippen LogP contribution in [0.4, 0.5) is 5.82 Å². The van der Waals surface area contributed by atoms with Crippen molar-refractivity contribution in [2.24, 2.45) is 0 Å². The maximum atomic E-state index is 12.5. The SMILES string of the molecule is Cc1c(N2CCC(Oc3ccc4c(c3)OCCO4)CC2)nn2c(=O)ccnc2c1C1CC1. The van der Waals surface area contributed by atoms with E-state index in [4.69, 9.17) is 19.3 Å². The van der Waals surface area contributed by atoms with E-state index >= 15 is 0 Å². The van der Waals surface area contributed by atoms with Gasteiger partial charge in [-0.05, 0) is 37.8 Å². The highest BCUT2D eigenvalue weighted by Gasteiger charge is 2.32. The normalized spacial score (nSPS) is 18.7. The summed E-state index contributed by atoms with van der Waals surface area (Å²) in [4.78, 5) is 19.2. The summed E-state index contributed by atoms with van der Waals surface area (Å²) in [6.07, 6.45) is 5.78. The van der Waals surface area contributed by atoms with Gasteiger partial charge < -0.3 is 19.1 Å². The van der Waals surface area contributed by atoms with Crippen molar-refractivity contribution in [1.82, 2.24) is 14.6 Å². The number of hydrogen-bond acceptors (Lipinski definition) is 7. The Balaban J connectivity index is 1.21. The first-order valence-corrected chi connectivity index (χ1v) is 11.4. The van der Waals surface area contributed by atoms with Crippen LogP contribution in [0.5, 0.6) is 17.2 Å². The van der Waals surface area contributed by atoms with Gasteiger partial charge in [-0.25, -0.2) is 4.98 Å². The van der Waals surface area contributed by atoms with E-state index < -0.39 is 0 Å². The molecule has 3 aromatic rings. The fraction of sp³-hybridized carbons (Fsp3) is 0.458. The molecule has 0 atom stereocenters. The molecule has 0 radical (unpaired) electrons. The zero-order chi connectivity index (χ0) is 21.7. The van der Waals surface area contributed by atoms with Gasteiger partial charge in [0.15, 0.2) is 23.0 Å². The maximum absolute atomic E-state index is 12.5. The summed E-state index contributed by atoms with van der Waals surface area (Å²) in [7, 11) is 0. The molecule has 166 valence electrons. The molecular formula is C24H26N4O4. The number of aromatic nitrogens is 3. The molecule has 2 aliphatic heterocycles. The lowest BCUT2D eigenvalue weighted by atomic mass is 10.0. The Hall–Kier alpha value is -3.29. The average molecular weight is 434 g/mol. The molecule has 8 nitrogen and oxygen atoms in total. The van der Waals surface area contributed by atoms with Crippen LogP contribution >= 0.6 is 0 Å². The predicted molar refractivity (Wildman–Crippen MR) is 119 cm³/mol. The van der Waals surface area contributed by atoms with Gasteiger partial charge in [-0.1, -0.05) is 0 Å². The molecular weight excluding hydrogens is 408 g/mol. The van der Waals surface area contributed by atoms with Crippen molar-refractivity contribution in [3.05, 3.63) is 51.9 Å². The lowest BCUT2D eigenvalue weighted by Gasteiger charge is -2.34. The molecule has 8 heteroatoms. The third-order valence-corrected chi connectivity index (χ3v) is 6.54. The van der Waals surface area contributed by atoms with Gasteiger partial charge in [-0.3, -0.25) is 4.79 Å². The van der Waals surface area contributed by atoms with E-state index in [0.29, 0.717) is 24.8 Å².